The number of benzodiazepines with no additional fused rings is 1. The van der Waals surface area contributed by atoms with E-state index in [1.165, 1.54) is 0 Å². The number of para-hydroxylation sites is 1. The van der Waals surface area contributed by atoms with Crippen LogP contribution in [-0.4, -0.2) is 36.1 Å². The lowest BCUT2D eigenvalue weighted by molar-refractivity contribution is -0.135. The van der Waals surface area contributed by atoms with Crippen LogP contribution in [0.3, 0.4) is 0 Å². The predicted octanol–water partition coefficient (Wildman–Crippen LogP) is 4.06. The highest BCUT2D eigenvalue weighted by Gasteiger charge is 2.37. The van der Waals surface area contributed by atoms with Gasteiger partial charge in [0.05, 0.1) is 23.2 Å². The van der Waals surface area contributed by atoms with Crippen molar-refractivity contribution in [3.8, 4) is 0 Å². The number of hydrogen-bond acceptors (Lipinski definition) is 4. The second-order valence-electron chi connectivity index (χ2n) is 9.53. The van der Waals surface area contributed by atoms with Crippen LogP contribution in [0, 0.1) is 17.8 Å². The number of nitrogens with zero attached hydrogens (tertiary/aromatic N) is 2. The standard InChI is InChI=1S/C29H36N4O3/c1-5-12-21(26(30)34)23(18-19(3)4)28(35)32-27-29(36)33(17-6-2)24-16-11-10-15-22(24)25(31-27)20-13-8-7-9-14-20/h5,7-11,13-16,19,21,23,27H,1,6,12,17-18H2,2-4H3,(H2,30,34)(H,32,35)/t21?,23?,27-/m0/s1. The molecule has 3 atom stereocenters. The fourth-order valence-corrected chi connectivity index (χ4v) is 4.67. The van der Waals surface area contributed by atoms with Crippen molar-refractivity contribution in [2.24, 2.45) is 28.5 Å². The number of nitrogens with one attached hydrogen (secondary N) is 1. The number of benzene rings is 2. The molecule has 0 bridgehead atoms. The summed E-state index contributed by atoms with van der Waals surface area (Å²) < 4.78 is 0. The number of aliphatic imine (C=N–C) groups is 1. The number of fused-ring (bicyclic) bond motifs is 1. The number of amides is 3. The molecule has 0 aliphatic carbocycles. The van der Waals surface area contributed by atoms with Gasteiger partial charge >= 0.3 is 0 Å². The van der Waals surface area contributed by atoms with E-state index in [-0.39, 0.29) is 18.2 Å². The highest BCUT2D eigenvalue weighted by Crippen LogP contribution is 2.29. The maximum absolute atomic E-state index is 13.8. The van der Waals surface area contributed by atoms with Crippen molar-refractivity contribution in [2.75, 3.05) is 11.4 Å². The van der Waals surface area contributed by atoms with Crippen molar-refractivity contribution in [2.45, 2.75) is 46.2 Å². The largest absolute Gasteiger partial charge is 0.369 e. The van der Waals surface area contributed by atoms with Crippen LogP contribution in [0.2, 0.25) is 0 Å². The van der Waals surface area contributed by atoms with Gasteiger partial charge in [0.2, 0.25) is 18.0 Å². The maximum Gasteiger partial charge on any atom is 0.272 e. The van der Waals surface area contributed by atoms with Crippen molar-refractivity contribution in [1.82, 2.24) is 5.32 Å². The van der Waals surface area contributed by atoms with Crippen LogP contribution in [0.25, 0.3) is 0 Å². The summed E-state index contributed by atoms with van der Waals surface area (Å²) in [4.78, 5) is 46.1. The first kappa shape index (κ1) is 26.9. The molecule has 0 fully saturated rings. The second kappa shape index (κ2) is 12.3. The summed E-state index contributed by atoms with van der Waals surface area (Å²) in [5.74, 6) is -2.56. The first-order chi connectivity index (χ1) is 17.3. The van der Waals surface area contributed by atoms with Gasteiger partial charge in [-0.3, -0.25) is 14.4 Å². The molecule has 7 nitrogen and oxygen atoms in total. The third kappa shape index (κ3) is 6.08. The van der Waals surface area contributed by atoms with Crippen molar-refractivity contribution in [1.29, 1.82) is 0 Å². The molecule has 2 aromatic carbocycles. The number of hydrogen-bond donors (Lipinski definition) is 2. The third-order valence-electron chi connectivity index (χ3n) is 6.32. The van der Waals surface area contributed by atoms with E-state index in [9.17, 15) is 14.4 Å². The quantitative estimate of drug-likeness (QED) is 0.466. The highest BCUT2D eigenvalue weighted by atomic mass is 16.2. The summed E-state index contributed by atoms with van der Waals surface area (Å²) in [5, 5.41) is 2.87. The summed E-state index contributed by atoms with van der Waals surface area (Å²) in [6, 6.07) is 17.3. The number of primary amides is 1. The molecule has 0 aromatic heterocycles. The average molecular weight is 489 g/mol. The van der Waals surface area contributed by atoms with E-state index in [2.05, 4.69) is 11.9 Å². The Morgan fingerprint density at radius 2 is 1.78 bits per heavy atom. The Labute approximate surface area is 213 Å². The lowest BCUT2D eigenvalue weighted by Gasteiger charge is -2.28. The molecule has 3 rings (SSSR count). The number of anilines is 1. The molecule has 1 aliphatic heterocycles. The predicted molar refractivity (Wildman–Crippen MR) is 144 cm³/mol. The molecule has 3 amide bonds. The SMILES string of the molecule is C=CCC(C(N)=O)C(CC(C)C)C(=O)N[C@@H]1N=C(c2ccccc2)c2ccccc2N(CCC)C1=O. The summed E-state index contributed by atoms with van der Waals surface area (Å²) in [5.41, 5.74) is 8.72. The van der Waals surface area contributed by atoms with Crippen molar-refractivity contribution in [3.63, 3.8) is 0 Å². The molecule has 7 heteroatoms. The van der Waals surface area contributed by atoms with Crippen LogP contribution in [0.1, 0.15) is 51.2 Å². The van der Waals surface area contributed by atoms with E-state index in [0.29, 0.717) is 18.7 Å². The van der Waals surface area contributed by atoms with E-state index >= 15 is 0 Å². The summed E-state index contributed by atoms with van der Waals surface area (Å²) in [7, 11) is 0. The van der Waals surface area contributed by atoms with Crippen molar-refractivity contribution >= 4 is 29.1 Å². The van der Waals surface area contributed by atoms with Crippen LogP contribution in [0.4, 0.5) is 5.69 Å². The minimum Gasteiger partial charge on any atom is -0.369 e. The average Bonchev–Trinajstić information content (AvgIpc) is 2.97. The van der Waals surface area contributed by atoms with Gasteiger partial charge in [-0.05, 0) is 31.2 Å². The van der Waals surface area contributed by atoms with E-state index in [1.54, 1.807) is 11.0 Å². The van der Waals surface area contributed by atoms with E-state index in [1.807, 2.05) is 75.4 Å². The molecule has 0 saturated carbocycles. The van der Waals surface area contributed by atoms with Crippen LogP contribution in [0.5, 0.6) is 0 Å². The van der Waals surface area contributed by atoms with Crippen LogP contribution in [0.15, 0.2) is 72.2 Å². The molecule has 0 saturated heterocycles. The second-order valence-corrected chi connectivity index (χ2v) is 9.53. The monoisotopic (exact) mass is 488 g/mol. The van der Waals surface area contributed by atoms with Gasteiger partial charge in [0, 0.05) is 17.7 Å². The highest BCUT2D eigenvalue weighted by molar-refractivity contribution is 6.20. The van der Waals surface area contributed by atoms with Gasteiger partial charge in [-0.25, -0.2) is 4.99 Å². The molecule has 0 spiro atoms. The molecule has 0 radical (unpaired) electrons. The first-order valence-corrected chi connectivity index (χ1v) is 12.5. The Morgan fingerprint density at radius 3 is 2.39 bits per heavy atom. The molecule has 2 aromatic rings. The number of allylic oxidation sites excluding steroid dienone is 1. The Hall–Kier alpha value is -3.74. The van der Waals surface area contributed by atoms with Gasteiger partial charge < -0.3 is 16.0 Å². The normalized spacial score (nSPS) is 17.0. The molecular formula is C29H36N4O3. The summed E-state index contributed by atoms with van der Waals surface area (Å²) in [6.45, 7) is 10.2. The van der Waals surface area contributed by atoms with Gasteiger partial charge in [-0.2, -0.15) is 0 Å². The molecule has 190 valence electrons. The molecule has 2 unspecified atom stereocenters. The van der Waals surface area contributed by atoms with Crippen molar-refractivity contribution < 1.29 is 14.4 Å². The molecule has 3 N–H and O–H groups in total. The molecular weight excluding hydrogens is 452 g/mol. The Balaban J connectivity index is 2.08. The molecule has 36 heavy (non-hydrogen) atoms. The maximum atomic E-state index is 13.8. The molecule has 1 heterocycles. The van der Waals surface area contributed by atoms with E-state index in [0.717, 1.165) is 23.2 Å². The van der Waals surface area contributed by atoms with E-state index in [4.69, 9.17) is 10.7 Å². The fourth-order valence-electron chi connectivity index (χ4n) is 4.67. The van der Waals surface area contributed by atoms with E-state index < -0.39 is 29.8 Å². The lowest BCUT2D eigenvalue weighted by atomic mass is 9.82. The smallest absolute Gasteiger partial charge is 0.272 e. The zero-order chi connectivity index (χ0) is 26.2. The number of carbonyl (C=O) groups is 3. The molecule has 1 aliphatic rings. The zero-order valence-corrected chi connectivity index (χ0v) is 21.3. The van der Waals surface area contributed by atoms with Crippen LogP contribution < -0.4 is 16.0 Å². The number of rotatable bonds is 11. The topological polar surface area (TPSA) is 105 Å². The van der Waals surface area contributed by atoms with Gasteiger partial charge in [0.15, 0.2) is 0 Å². The fraction of sp³-hybridized carbons (Fsp3) is 0.379. The van der Waals surface area contributed by atoms with Gasteiger partial charge in [-0.1, -0.05) is 75.4 Å². The van der Waals surface area contributed by atoms with Gasteiger partial charge in [-0.15, -0.1) is 6.58 Å². The minimum atomic E-state index is -1.14. The van der Waals surface area contributed by atoms with Crippen LogP contribution >= 0.6 is 0 Å². The first-order valence-electron chi connectivity index (χ1n) is 12.5. The van der Waals surface area contributed by atoms with Crippen molar-refractivity contribution in [3.05, 3.63) is 78.4 Å². The number of carbonyl (C=O) groups excluding carboxylic acids is 3. The Bertz CT molecular complexity index is 1130. The van der Waals surface area contributed by atoms with Gasteiger partial charge in [0.1, 0.15) is 0 Å². The van der Waals surface area contributed by atoms with Crippen LogP contribution in [-0.2, 0) is 14.4 Å². The third-order valence-corrected chi connectivity index (χ3v) is 6.32. The minimum absolute atomic E-state index is 0.140. The van der Waals surface area contributed by atoms with Gasteiger partial charge in [0.25, 0.3) is 5.91 Å². The number of nitrogens with two attached hydrogens (primary N) is 1. The Kier molecular flexibility index (Phi) is 9.17. The lowest BCUT2D eigenvalue weighted by Crippen LogP contribution is -2.51. The Morgan fingerprint density at radius 1 is 1.11 bits per heavy atom. The summed E-state index contributed by atoms with van der Waals surface area (Å²) >= 11 is 0. The summed E-state index contributed by atoms with van der Waals surface area (Å²) in [6.07, 6.45) is 1.92. The zero-order valence-electron chi connectivity index (χ0n) is 21.3.